The van der Waals surface area contributed by atoms with Crippen molar-refractivity contribution in [3.63, 3.8) is 0 Å². The van der Waals surface area contributed by atoms with E-state index in [-0.39, 0.29) is 24.5 Å². The van der Waals surface area contributed by atoms with Crippen LogP contribution in [0.3, 0.4) is 0 Å². The lowest BCUT2D eigenvalue weighted by Crippen LogP contribution is -2.39. The van der Waals surface area contributed by atoms with Crippen LogP contribution in [0.5, 0.6) is 5.75 Å². The Labute approximate surface area is 258 Å². The van der Waals surface area contributed by atoms with Crippen LogP contribution in [0.25, 0.3) is 6.08 Å². The van der Waals surface area contributed by atoms with Gasteiger partial charge in [-0.3, -0.25) is 19.5 Å². The van der Waals surface area contributed by atoms with Crippen molar-refractivity contribution in [2.24, 2.45) is 4.99 Å². The Morgan fingerprint density at radius 3 is 2.60 bits per heavy atom. The molecular weight excluding hydrogens is 669 g/mol. The second kappa shape index (κ2) is 12.4. The van der Waals surface area contributed by atoms with Gasteiger partial charge in [0.05, 0.1) is 36.9 Å². The normalized spacial score (nSPS) is 14.8. The van der Waals surface area contributed by atoms with Gasteiger partial charge >= 0.3 is 5.97 Å². The Morgan fingerprint density at radius 2 is 1.90 bits per heavy atom. The van der Waals surface area contributed by atoms with Crippen molar-refractivity contribution in [1.82, 2.24) is 4.57 Å². The molecule has 1 aromatic heterocycles. The molecule has 1 atom stereocenters. The maximum absolute atomic E-state index is 13.8. The van der Waals surface area contributed by atoms with E-state index in [0.29, 0.717) is 31.9 Å². The summed E-state index contributed by atoms with van der Waals surface area (Å²) >= 11 is 3.42. The molecule has 0 N–H and O–H groups in total. The summed E-state index contributed by atoms with van der Waals surface area (Å²) in [5, 5.41) is 11.1. The maximum atomic E-state index is 13.8. The number of fused-ring (bicyclic) bond motifs is 1. The van der Waals surface area contributed by atoms with Gasteiger partial charge in [0.25, 0.3) is 11.2 Å². The molecule has 0 saturated heterocycles. The molecular formula is C31H26IN3O6S. The molecule has 0 spiro atoms. The predicted molar refractivity (Wildman–Crippen MR) is 168 cm³/mol. The van der Waals surface area contributed by atoms with Gasteiger partial charge in [-0.25, -0.2) is 9.79 Å². The molecule has 0 radical (unpaired) electrons. The molecule has 9 nitrogen and oxygen atoms in total. The number of halogens is 1. The minimum Gasteiger partial charge on any atom is -0.488 e. The van der Waals surface area contributed by atoms with Crippen LogP contribution in [0.4, 0.5) is 5.69 Å². The third-order valence-corrected chi connectivity index (χ3v) is 8.51. The van der Waals surface area contributed by atoms with Crippen molar-refractivity contribution >= 4 is 51.7 Å². The van der Waals surface area contributed by atoms with E-state index in [1.54, 1.807) is 42.7 Å². The monoisotopic (exact) mass is 695 g/mol. The number of carbonyl (C=O) groups is 1. The maximum Gasteiger partial charge on any atom is 0.338 e. The third kappa shape index (κ3) is 6.07. The number of thiazole rings is 1. The van der Waals surface area contributed by atoms with Gasteiger partial charge in [0, 0.05) is 12.1 Å². The molecule has 3 aromatic carbocycles. The van der Waals surface area contributed by atoms with Crippen LogP contribution in [0.1, 0.15) is 42.1 Å². The molecule has 5 rings (SSSR count). The Bertz CT molecular complexity index is 1910. The fraction of sp³-hybridized carbons (Fsp3) is 0.194. The van der Waals surface area contributed by atoms with Gasteiger partial charge < -0.3 is 9.47 Å². The van der Waals surface area contributed by atoms with Gasteiger partial charge in [0.2, 0.25) is 0 Å². The molecule has 214 valence electrons. The first-order valence-corrected chi connectivity index (χ1v) is 15.0. The summed E-state index contributed by atoms with van der Waals surface area (Å²) in [6, 6.07) is 19.0. The number of esters is 1. The van der Waals surface area contributed by atoms with Crippen LogP contribution in [0.15, 0.2) is 87.8 Å². The third-order valence-electron chi connectivity index (χ3n) is 6.68. The number of benzene rings is 3. The van der Waals surface area contributed by atoms with Crippen LogP contribution in [0, 0.1) is 20.6 Å². The molecule has 0 amide bonds. The molecule has 0 fully saturated rings. The molecule has 0 saturated carbocycles. The molecule has 0 bridgehead atoms. The SMILES string of the molecule is CCOC(=O)C1=C(C)N=c2s/c(=C/c3ccc(OCc4cccc([N+](=O)[O-])c4)c(I)c3)c(=O)n2[C@@H]1c1ccc(C)cc1. The first kappa shape index (κ1) is 29.4. The number of non-ortho nitro benzene ring substituents is 1. The summed E-state index contributed by atoms with van der Waals surface area (Å²) in [4.78, 5) is 42.6. The summed E-state index contributed by atoms with van der Waals surface area (Å²) < 4.78 is 14.1. The Balaban J connectivity index is 1.49. The standard InChI is InChI=1S/C31H26IN3O6S/c1-4-40-30(37)27-19(3)33-31-34(28(27)22-11-8-18(2)9-12-22)29(36)26(42-31)16-20-10-13-25(24(32)15-20)41-17-21-6-5-7-23(14-21)35(38)39/h5-16,28H,4,17H2,1-3H3/b26-16+/t28-/m1/s1. The lowest BCUT2D eigenvalue weighted by Gasteiger charge is -2.24. The largest absolute Gasteiger partial charge is 0.488 e. The number of aryl methyl sites for hydroxylation is 1. The Hall–Kier alpha value is -4.10. The fourth-order valence-electron chi connectivity index (χ4n) is 4.65. The van der Waals surface area contributed by atoms with Crippen molar-refractivity contribution in [2.45, 2.75) is 33.4 Å². The van der Waals surface area contributed by atoms with Crippen molar-refractivity contribution < 1.29 is 19.2 Å². The van der Waals surface area contributed by atoms with Crippen LogP contribution < -0.4 is 19.6 Å². The van der Waals surface area contributed by atoms with Crippen molar-refractivity contribution in [3.05, 3.63) is 134 Å². The highest BCUT2D eigenvalue weighted by Gasteiger charge is 2.33. The van der Waals surface area contributed by atoms with Crippen molar-refractivity contribution in [3.8, 4) is 5.75 Å². The number of hydrogen-bond acceptors (Lipinski definition) is 8. The van der Waals surface area contributed by atoms with Crippen molar-refractivity contribution in [2.75, 3.05) is 6.61 Å². The first-order chi connectivity index (χ1) is 20.2. The summed E-state index contributed by atoms with van der Waals surface area (Å²) in [6.45, 7) is 5.88. The zero-order valence-electron chi connectivity index (χ0n) is 23.0. The van der Waals surface area contributed by atoms with E-state index >= 15 is 0 Å². The average molecular weight is 696 g/mol. The van der Waals surface area contributed by atoms with E-state index < -0.39 is 16.9 Å². The summed E-state index contributed by atoms with van der Waals surface area (Å²) in [6.07, 6.45) is 1.80. The highest BCUT2D eigenvalue weighted by atomic mass is 127. The van der Waals surface area contributed by atoms with Crippen molar-refractivity contribution in [1.29, 1.82) is 0 Å². The Morgan fingerprint density at radius 1 is 1.14 bits per heavy atom. The molecule has 11 heteroatoms. The second-order valence-corrected chi connectivity index (χ2v) is 11.8. The number of ether oxygens (including phenoxy) is 2. The van der Waals surface area contributed by atoms with Gasteiger partial charge in [-0.05, 0) is 78.3 Å². The molecule has 2 heterocycles. The number of allylic oxidation sites excluding steroid dienone is 1. The van der Waals surface area contributed by atoms with E-state index in [9.17, 15) is 19.7 Å². The molecule has 0 aliphatic carbocycles. The molecule has 1 aliphatic heterocycles. The smallest absolute Gasteiger partial charge is 0.338 e. The predicted octanol–water partition coefficient (Wildman–Crippen LogP) is 5.20. The topological polar surface area (TPSA) is 113 Å². The number of hydrogen-bond donors (Lipinski definition) is 0. The number of nitro groups is 1. The zero-order valence-corrected chi connectivity index (χ0v) is 26.0. The number of rotatable bonds is 8. The van der Waals surface area contributed by atoms with Crippen LogP contribution in [0.2, 0.25) is 0 Å². The number of nitro benzene ring substituents is 1. The van der Waals surface area contributed by atoms with E-state index in [0.717, 1.165) is 20.3 Å². The summed E-state index contributed by atoms with van der Waals surface area (Å²) in [7, 11) is 0. The molecule has 0 unspecified atom stereocenters. The lowest BCUT2D eigenvalue weighted by atomic mass is 9.95. The van der Waals surface area contributed by atoms with Gasteiger partial charge in [-0.1, -0.05) is 59.4 Å². The number of carbonyl (C=O) groups excluding carboxylic acids is 1. The molecule has 1 aliphatic rings. The van der Waals surface area contributed by atoms with E-state index in [2.05, 4.69) is 27.6 Å². The summed E-state index contributed by atoms with van der Waals surface area (Å²) in [5.74, 6) is 0.128. The quantitative estimate of drug-likeness (QED) is 0.109. The van der Waals surface area contributed by atoms with Gasteiger partial charge in [-0.2, -0.15) is 0 Å². The molecule has 4 aromatic rings. The van der Waals surface area contributed by atoms with Gasteiger partial charge in [0.15, 0.2) is 4.80 Å². The highest BCUT2D eigenvalue weighted by Crippen LogP contribution is 2.31. The minimum absolute atomic E-state index is 0.0109. The summed E-state index contributed by atoms with van der Waals surface area (Å²) in [5.41, 5.74) is 3.97. The van der Waals surface area contributed by atoms with Gasteiger partial charge in [-0.15, -0.1) is 0 Å². The highest BCUT2D eigenvalue weighted by molar-refractivity contribution is 14.1. The van der Waals surface area contributed by atoms with E-state index in [1.165, 1.54) is 23.5 Å². The second-order valence-electron chi connectivity index (χ2n) is 9.62. The number of nitrogens with zero attached hydrogens (tertiary/aromatic N) is 3. The van der Waals surface area contributed by atoms with Crippen LogP contribution in [-0.4, -0.2) is 22.1 Å². The van der Waals surface area contributed by atoms with E-state index in [4.69, 9.17) is 9.47 Å². The first-order valence-electron chi connectivity index (χ1n) is 13.1. The van der Waals surface area contributed by atoms with Crippen LogP contribution >= 0.6 is 33.9 Å². The molecule has 42 heavy (non-hydrogen) atoms. The number of aromatic nitrogens is 1. The van der Waals surface area contributed by atoms with Gasteiger partial charge in [0.1, 0.15) is 12.4 Å². The van der Waals surface area contributed by atoms with Crippen LogP contribution in [-0.2, 0) is 16.1 Å². The average Bonchev–Trinajstić information content (AvgIpc) is 3.26. The lowest BCUT2D eigenvalue weighted by molar-refractivity contribution is -0.384. The minimum atomic E-state index is -0.659. The van der Waals surface area contributed by atoms with E-state index in [1.807, 2.05) is 43.3 Å². The Kier molecular flexibility index (Phi) is 8.69. The zero-order chi connectivity index (χ0) is 30.0. The fourth-order valence-corrected chi connectivity index (χ4v) is 6.39.